The predicted molar refractivity (Wildman–Crippen MR) is 91.2 cm³/mol. The molecule has 24 heavy (non-hydrogen) atoms. The first-order chi connectivity index (χ1) is 11.3. The third-order valence-corrected chi connectivity index (χ3v) is 3.81. The van der Waals surface area contributed by atoms with E-state index in [1.54, 1.807) is 7.11 Å². The van der Waals surface area contributed by atoms with E-state index in [9.17, 15) is 4.79 Å². The maximum absolute atomic E-state index is 10.8. The number of carboxylic acid groups (broad SMARTS) is 1. The maximum Gasteiger partial charge on any atom is 0.405 e. The zero-order valence-electron chi connectivity index (χ0n) is 14.5. The van der Waals surface area contributed by atoms with Crippen molar-refractivity contribution >= 4 is 6.09 Å². The van der Waals surface area contributed by atoms with E-state index in [-0.39, 0.29) is 0 Å². The van der Waals surface area contributed by atoms with Gasteiger partial charge in [0.15, 0.2) is 5.82 Å². The largest absolute Gasteiger partial charge is 0.497 e. The Kier molecular flexibility index (Phi) is 5.43. The Morgan fingerprint density at radius 2 is 2.00 bits per heavy atom. The number of ether oxygens (including phenoxy) is 1. The van der Waals surface area contributed by atoms with Crippen LogP contribution in [0.15, 0.2) is 24.3 Å². The molecule has 7 nitrogen and oxygen atoms in total. The van der Waals surface area contributed by atoms with E-state index in [1.165, 1.54) is 0 Å². The summed E-state index contributed by atoms with van der Waals surface area (Å²) >= 11 is 0. The van der Waals surface area contributed by atoms with Crippen LogP contribution in [0.4, 0.5) is 4.79 Å². The summed E-state index contributed by atoms with van der Waals surface area (Å²) in [6.45, 7) is 6.33. The van der Waals surface area contributed by atoms with Gasteiger partial charge in [0.05, 0.1) is 7.11 Å². The van der Waals surface area contributed by atoms with Crippen molar-refractivity contribution in [2.75, 3.05) is 7.11 Å². The molecule has 1 amide bonds. The van der Waals surface area contributed by atoms with E-state index in [1.807, 2.05) is 49.7 Å². The van der Waals surface area contributed by atoms with Gasteiger partial charge in [0.2, 0.25) is 0 Å². The van der Waals surface area contributed by atoms with Crippen LogP contribution in [0, 0.1) is 0 Å². The van der Waals surface area contributed by atoms with Crippen LogP contribution in [0.5, 0.6) is 5.75 Å². The van der Waals surface area contributed by atoms with Crippen molar-refractivity contribution in [2.45, 2.75) is 45.7 Å². The summed E-state index contributed by atoms with van der Waals surface area (Å²) in [4.78, 5) is 15.4. The van der Waals surface area contributed by atoms with Crippen molar-refractivity contribution in [3.05, 3.63) is 30.1 Å². The summed E-state index contributed by atoms with van der Waals surface area (Å²) < 4.78 is 7.01. The molecule has 0 radical (unpaired) electrons. The van der Waals surface area contributed by atoms with Gasteiger partial charge in [0, 0.05) is 24.1 Å². The lowest BCUT2D eigenvalue weighted by Gasteiger charge is -2.24. The first kappa shape index (κ1) is 17.8. The number of benzene rings is 1. The molecule has 1 heterocycles. The van der Waals surface area contributed by atoms with Crippen LogP contribution in [-0.2, 0) is 13.0 Å². The van der Waals surface area contributed by atoms with Gasteiger partial charge in [-0.1, -0.05) is 6.92 Å². The lowest BCUT2D eigenvalue weighted by atomic mass is 10.0. The minimum absolute atomic E-state index is 0.525. The van der Waals surface area contributed by atoms with E-state index in [2.05, 4.69) is 15.4 Å². The molecule has 0 spiro atoms. The molecule has 1 aromatic heterocycles. The SMILES string of the molecule is CCc1nc(-c2ccc(OC)cc2)nn1CCC(C)(C)NC(=O)O. The van der Waals surface area contributed by atoms with Crippen LogP contribution in [0.3, 0.4) is 0 Å². The molecule has 0 aliphatic heterocycles. The minimum Gasteiger partial charge on any atom is -0.497 e. The summed E-state index contributed by atoms with van der Waals surface area (Å²) in [6, 6.07) is 7.60. The topological polar surface area (TPSA) is 89.3 Å². The van der Waals surface area contributed by atoms with Gasteiger partial charge in [0.1, 0.15) is 11.6 Å². The van der Waals surface area contributed by atoms with Gasteiger partial charge in [-0.15, -0.1) is 0 Å². The molecule has 0 saturated heterocycles. The number of nitrogens with one attached hydrogen (secondary N) is 1. The first-order valence-electron chi connectivity index (χ1n) is 7.94. The third kappa shape index (κ3) is 4.47. The number of aryl methyl sites for hydroxylation is 2. The van der Waals surface area contributed by atoms with Crippen LogP contribution in [0.2, 0.25) is 0 Å². The number of methoxy groups -OCH3 is 1. The molecule has 0 saturated carbocycles. The molecule has 7 heteroatoms. The van der Waals surface area contributed by atoms with Gasteiger partial charge in [-0.2, -0.15) is 5.10 Å². The molecule has 130 valence electrons. The summed E-state index contributed by atoms with van der Waals surface area (Å²) in [5.74, 6) is 2.33. The van der Waals surface area contributed by atoms with Crippen molar-refractivity contribution in [1.82, 2.24) is 20.1 Å². The summed E-state index contributed by atoms with van der Waals surface area (Å²) in [6.07, 6.45) is 0.362. The standard InChI is InChI=1S/C17H24N4O3/c1-5-14-18-15(12-6-8-13(24-4)9-7-12)20-21(14)11-10-17(2,3)19-16(22)23/h6-9,19H,5,10-11H2,1-4H3,(H,22,23). The monoisotopic (exact) mass is 332 g/mol. The van der Waals surface area contributed by atoms with Gasteiger partial charge in [-0.25, -0.2) is 14.5 Å². The summed E-state index contributed by atoms with van der Waals surface area (Å²) in [5.41, 5.74) is 0.399. The van der Waals surface area contributed by atoms with Crippen molar-refractivity contribution in [2.24, 2.45) is 0 Å². The smallest absolute Gasteiger partial charge is 0.405 e. The van der Waals surface area contributed by atoms with Crippen LogP contribution in [-0.4, -0.2) is 38.6 Å². The molecule has 0 unspecified atom stereocenters. The van der Waals surface area contributed by atoms with Crippen molar-refractivity contribution < 1.29 is 14.6 Å². The van der Waals surface area contributed by atoms with Gasteiger partial charge >= 0.3 is 6.09 Å². The molecule has 0 aliphatic carbocycles. The highest BCUT2D eigenvalue weighted by Crippen LogP contribution is 2.20. The second-order valence-corrected chi connectivity index (χ2v) is 6.22. The van der Waals surface area contributed by atoms with Crippen LogP contribution in [0.1, 0.15) is 33.0 Å². The normalized spacial score (nSPS) is 11.3. The average Bonchev–Trinajstić information content (AvgIpc) is 2.95. The van der Waals surface area contributed by atoms with Gasteiger partial charge < -0.3 is 15.2 Å². The Bertz CT molecular complexity index is 692. The maximum atomic E-state index is 10.8. The Hall–Kier alpha value is -2.57. The molecule has 2 N–H and O–H groups in total. The second-order valence-electron chi connectivity index (χ2n) is 6.22. The number of nitrogens with zero attached hydrogens (tertiary/aromatic N) is 3. The van der Waals surface area contributed by atoms with E-state index < -0.39 is 11.6 Å². The number of hydrogen-bond acceptors (Lipinski definition) is 4. The Morgan fingerprint density at radius 1 is 1.33 bits per heavy atom. The zero-order valence-corrected chi connectivity index (χ0v) is 14.5. The molecule has 0 fully saturated rings. The van der Waals surface area contributed by atoms with E-state index in [4.69, 9.17) is 9.84 Å². The molecule has 2 aromatic rings. The Morgan fingerprint density at radius 3 is 2.54 bits per heavy atom. The summed E-state index contributed by atoms with van der Waals surface area (Å²) in [5, 5.41) is 16.0. The molecule has 1 aromatic carbocycles. The zero-order chi connectivity index (χ0) is 17.7. The van der Waals surface area contributed by atoms with Crippen molar-refractivity contribution in [1.29, 1.82) is 0 Å². The van der Waals surface area contributed by atoms with Gasteiger partial charge in [-0.3, -0.25) is 0 Å². The van der Waals surface area contributed by atoms with Crippen molar-refractivity contribution in [3.8, 4) is 17.1 Å². The molecule has 0 aliphatic rings. The fourth-order valence-electron chi connectivity index (χ4n) is 2.41. The van der Waals surface area contributed by atoms with Crippen molar-refractivity contribution in [3.63, 3.8) is 0 Å². The fourth-order valence-corrected chi connectivity index (χ4v) is 2.41. The van der Waals surface area contributed by atoms with Crippen LogP contribution in [0.25, 0.3) is 11.4 Å². The number of carbonyl (C=O) groups is 1. The Labute approximate surface area is 141 Å². The lowest BCUT2D eigenvalue weighted by molar-refractivity contribution is 0.179. The number of hydrogen-bond donors (Lipinski definition) is 2. The predicted octanol–water partition coefficient (Wildman–Crippen LogP) is 2.95. The quantitative estimate of drug-likeness (QED) is 0.813. The average molecular weight is 332 g/mol. The van der Waals surface area contributed by atoms with Crippen LogP contribution >= 0.6 is 0 Å². The van der Waals surface area contributed by atoms with E-state index in [0.29, 0.717) is 18.8 Å². The molecular weight excluding hydrogens is 308 g/mol. The molecule has 0 atom stereocenters. The second kappa shape index (κ2) is 7.33. The number of amides is 1. The molecular formula is C17H24N4O3. The highest BCUT2D eigenvalue weighted by atomic mass is 16.5. The fraction of sp³-hybridized carbons (Fsp3) is 0.471. The Balaban J connectivity index is 2.16. The number of rotatable bonds is 7. The summed E-state index contributed by atoms with van der Waals surface area (Å²) in [7, 11) is 1.63. The third-order valence-electron chi connectivity index (χ3n) is 3.81. The highest BCUT2D eigenvalue weighted by Gasteiger charge is 2.21. The molecule has 2 rings (SSSR count). The number of aromatic nitrogens is 3. The van der Waals surface area contributed by atoms with E-state index in [0.717, 1.165) is 23.6 Å². The van der Waals surface area contributed by atoms with E-state index >= 15 is 0 Å². The molecule has 0 bridgehead atoms. The van der Waals surface area contributed by atoms with Gasteiger partial charge in [-0.05, 0) is 44.5 Å². The van der Waals surface area contributed by atoms with Crippen LogP contribution < -0.4 is 10.1 Å². The van der Waals surface area contributed by atoms with Gasteiger partial charge in [0.25, 0.3) is 0 Å². The highest BCUT2D eigenvalue weighted by molar-refractivity contribution is 5.65. The minimum atomic E-state index is -1.02. The lowest BCUT2D eigenvalue weighted by Crippen LogP contribution is -2.43. The first-order valence-corrected chi connectivity index (χ1v) is 7.94.